The Balaban J connectivity index is 1.68. The van der Waals surface area contributed by atoms with E-state index in [1.807, 2.05) is 53.9 Å². The standard InChI is InChI=1S/C21H21N3O3S/c1-3-27-20(25)12-17-14-28-21(23-17)24-22-13-16-6-4-5-7-19(16)15-8-10-18(26-2)11-9-15/h4-11,13-14H,3,12H2,1-2H3,(H,23,24). The molecule has 28 heavy (non-hydrogen) atoms. The van der Waals surface area contributed by atoms with Gasteiger partial charge in [-0.25, -0.2) is 4.98 Å². The number of methoxy groups -OCH3 is 1. The van der Waals surface area contributed by atoms with Gasteiger partial charge in [0.25, 0.3) is 0 Å². The number of hydrazone groups is 1. The molecule has 1 aromatic heterocycles. The molecule has 6 nitrogen and oxygen atoms in total. The molecule has 2 aromatic carbocycles. The molecule has 0 aliphatic carbocycles. The average molecular weight is 395 g/mol. The zero-order valence-electron chi connectivity index (χ0n) is 15.7. The first kappa shape index (κ1) is 19.6. The molecule has 0 amide bonds. The smallest absolute Gasteiger partial charge is 0.311 e. The van der Waals surface area contributed by atoms with Crippen LogP contribution in [0.3, 0.4) is 0 Å². The molecule has 0 atom stereocenters. The second-order valence-electron chi connectivity index (χ2n) is 5.81. The number of esters is 1. The Hall–Kier alpha value is -3.19. The number of carbonyl (C=O) groups is 1. The van der Waals surface area contributed by atoms with Gasteiger partial charge in [-0.05, 0) is 30.2 Å². The molecule has 1 N–H and O–H groups in total. The van der Waals surface area contributed by atoms with Gasteiger partial charge in [0.2, 0.25) is 5.13 Å². The fraction of sp³-hybridized carbons (Fsp3) is 0.190. The van der Waals surface area contributed by atoms with Gasteiger partial charge in [0.1, 0.15) is 5.75 Å². The molecule has 144 valence electrons. The Bertz CT molecular complexity index is 952. The molecule has 3 aromatic rings. The number of rotatable bonds is 8. The summed E-state index contributed by atoms with van der Waals surface area (Å²) in [6.45, 7) is 2.15. The molecular formula is C21H21N3O3S. The molecule has 0 radical (unpaired) electrons. The molecule has 0 saturated heterocycles. The van der Waals surface area contributed by atoms with Crippen LogP contribution in [0.15, 0.2) is 59.0 Å². The van der Waals surface area contributed by atoms with Crippen molar-refractivity contribution in [2.75, 3.05) is 19.1 Å². The fourth-order valence-electron chi connectivity index (χ4n) is 2.60. The van der Waals surface area contributed by atoms with E-state index in [1.54, 1.807) is 20.2 Å². The topological polar surface area (TPSA) is 72.8 Å². The van der Waals surface area contributed by atoms with E-state index in [1.165, 1.54) is 11.3 Å². The van der Waals surface area contributed by atoms with Crippen molar-refractivity contribution in [2.45, 2.75) is 13.3 Å². The van der Waals surface area contributed by atoms with Crippen LogP contribution in [0.25, 0.3) is 11.1 Å². The molecule has 1 heterocycles. The van der Waals surface area contributed by atoms with Gasteiger partial charge < -0.3 is 9.47 Å². The average Bonchev–Trinajstić information content (AvgIpc) is 3.16. The quantitative estimate of drug-likeness (QED) is 0.348. The van der Waals surface area contributed by atoms with Gasteiger partial charge in [-0.15, -0.1) is 11.3 Å². The third kappa shape index (κ3) is 5.17. The van der Waals surface area contributed by atoms with E-state index < -0.39 is 0 Å². The van der Waals surface area contributed by atoms with E-state index >= 15 is 0 Å². The van der Waals surface area contributed by atoms with Crippen LogP contribution in [-0.4, -0.2) is 30.9 Å². The first-order valence-corrected chi connectivity index (χ1v) is 9.70. The minimum atomic E-state index is -0.281. The molecular weight excluding hydrogens is 374 g/mol. The normalized spacial score (nSPS) is 10.8. The number of hydrogen-bond acceptors (Lipinski definition) is 7. The van der Waals surface area contributed by atoms with Crippen molar-refractivity contribution < 1.29 is 14.3 Å². The number of nitrogens with one attached hydrogen (secondary N) is 1. The summed E-state index contributed by atoms with van der Waals surface area (Å²) in [4.78, 5) is 15.9. The maximum Gasteiger partial charge on any atom is 0.311 e. The van der Waals surface area contributed by atoms with Crippen LogP contribution in [0.5, 0.6) is 5.75 Å². The zero-order valence-corrected chi connectivity index (χ0v) is 16.5. The van der Waals surface area contributed by atoms with Crippen molar-refractivity contribution in [3.63, 3.8) is 0 Å². The van der Waals surface area contributed by atoms with Crippen LogP contribution in [0.2, 0.25) is 0 Å². The number of carbonyl (C=O) groups excluding carboxylic acids is 1. The number of benzene rings is 2. The van der Waals surface area contributed by atoms with Crippen molar-refractivity contribution in [1.82, 2.24) is 4.98 Å². The summed E-state index contributed by atoms with van der Waals surface area (Å²) >= 11 is 1.39. The fourth-order valence-corrected chi connectivity index (χ4v) is 3.26. The van der Waals surface area contributed by atoms with Crippen molar-refractivity contribution in [1.29, 1.82) is 0 Å². The Kier molecular flexibility index (Phi) is 6.75. The Morgan fingerprint density at radius 3 is 2.75 bits per heavy atom. The highest BCUT2D eigenvalue weighted by Crippen LogP contribution is 2.25. The molecule has 0 aliphatic heterocycles. The molecule has 0 fully saturated rings. The van der Waals surface area contributed by atoms with Gasteiger partial charge in [-0.1, -0.05) is 36.4 Å². The maximum atomic E-state index is 11.5. The second kappa shape index (κ2) is 9.66. The summed E-state index contributed by atoms with van der Waals surface area (Å²) in [6.07, 6.45) is 1.92. The van der Waals surface area contributed by atoms with E-state index in [9.17, 15) is 4.79 Å². The van der Waals surface area contributed by atoms with Crippen LogP contribution in [0.1, 0.15) is 18.2 Å². The summed E-state index contributed by atoms with van der Waals surface area (Å²) in [7, 11) is 1.65. The monoisotopic (exact) mass is 395 g/mol. The van der Waals surface area contributed by atoms with Gasteiger partial charge in [0.15, 0.2) is 0 Å². The Morgan fingerprint density at radius 2 is 2.00 bits per heavy atom. The Labute approximate surface area is 167 Å². The summed E-state index contributed by atoms with van der Waals surface area (Å²) in [5.74, 6) is 0.537. The highest BCUT2D eigenvalue weighted by Gasteiger charge is 2.08. The minimum absolute atomic E-state index is 0.163. The summed E-state index contributed by atoms with van der Waals surface area (Å²) in [5, 5.41) is 6.73. The summed E-state index contributed by atoms with van der Waals surface area (Å²) in [5.41, 5.74) is 6.71. The van der Waals surface area contributed by atoms with Gasteiger partial charge in [0, 0.05) is 10.9 Å². The van der Waals surface area contributed by atoms with E-state index in [4.69, 9.17) is 9.47 Å². The van der Waals surface area contributed by atoms with Gasteiger partial charge in [0.05, 0.1) is 32.0 Å². The first-order valence-electron chi connectivity index (χ1n) is 8.82. The number of hydrogen-bond donors (Lipinski definition) is 1. The van der Waals surface area contributed by atoms with Crippen molar-refractivity contribution >= 4 is 28.7 Å². The SMILES string of the molecule is CCOC(=O)Cc1csc(NN=Cc2ccccc2-c2ccc(OC)cc2)n1. The van der Waals surface area contributed by atoms with Crippen LogP contribution in [-0.2, 0) is 16.0 Å². The third-order valence-corrected chi connectivity index (χ3v) is 4.70. The highest BCUT2D eigenvalue weighted by atomic mass is 32.1. The number of aromatic nitrogens is 1. The van der Waals surface area contributed by atoms with E-state index in [0.717, 1.165) is 22.4 Å². The highest BCUT2D eigenvalue weighted by molar-refractivity contribution is 7.13. The van der Waals surface area contributed by atoms with Crippen molar-refractivity contribution in [2.24, 2.45) is 5.10 Å². The summed E-state index contributed by atoms with van der Waals surface area (Å²) in [6, 6.07) is 15.9. The van der Waals surface area contributed by atoms with Gasteiger partial charge >= 0.3 is 5.97 Å². The first-order chi connectivity index (χ1) is 13.7. The van der Waals surface area contributed by atoms with Crippen molar-refractivity contribution in [3.05, 3.63) is 65.2 Å². The molecule has 0 unspecified atom stereocenters. The minimum Gasteiger partial charge on any atom is -0.497 e. The number of thiazole rings is 1. The van der Waals surface area contributed by atoms with Crippen molar-refractivity contribution in [3.8, 4) is 16.9 Å². The third-order valence-electron chi connectivity index (χ3n) is 3.91. The largest absolute Gasteiger partial charge is 0.497 e. The lowest BCUT2D eigenvalue weighted by atomic mass is 10.0. The van der Waals surface area contributed by atoms with Crippen LogP contribution < -0.4 is 10.2 Å². The Morgan fingerprint density at radius 1 is 1.21 bits per heavy atom. The van der Waals surface area contributed by atoms with E-state index in [0.29, 0.717) is 17.4 Å². The predicted molar refractivity (Wildman–Crippen MR) is 112 cm³/mol. The van der Waals surface area contributed by atoms with Gasteiger partial charge in [-0.2, -0.15) is 5.10 Å². The lowest BCUT2D eigenvalue weighted by molar-refractivity contribution is -0.142. The number of ether oxygens (including phenoxy) is 2. The van der Waals surface area contributed by atoms with Crippen LogP contribution >= 0.6 is 11.3 Å². The predicted octanol–water partition coefficient (Wildman–Crippen LogP) is 4.37. The second-order valence-corrected chi connectivity index (χ2v) is 6.67. The summed E-state index contributed by atoms with van der Waals surface area (Å²) < 4.78 is 10.1. The lowest BCUT2D eigenvalue weighted by Gasteiger charge is -2.07. The zero-order chi connectivity index (χ0) is 19.8. The van der Waals surface area contributed by atoms with Gasteiger partial charge in [-0.3, -0.25) is 10.2 Å². The molecule has 0 spiro atoms. The number of nitrogens with zero attached hydrogens (tertiary/aromatic N) is 2. The molecule has 7 heteroatoms. The maximum absolute atomic E-state index is 11.5. The molecule has 0 aliphatic rings. The molecule has 0 bridgehead atoms. The van der Waals surface area contributed by atoms with Crippen LogP contribution in [0.4, 0.5) is 5.13 Å². The molecule has 3 rings (SSSR count). The lowest BCUT2D eigenvalue weighted by Crippen LogP contribution is -2.07. The van der Waals surface area contributed by atoms with E-state index in [-0.39, 0.29) is 12.4 Å². The molecule has 0 saturated carbocycles. The van der Waals surface area contributed by atoms with E-state index in [2.05, 4.69) is 15.5 Å². The number of anilines is 1. The van der Waals surface area contributed by atoms with Crippen LogP contribution in [0, 0.1) is 0 Å².